The number of anilines is 1. The lowest BCUT2D eigenvalue weighted by Gasteiger charge is -2.16. The molecule has 0 spiro atoms. The summed E-state index contributed by atoms with van der Waals surface area (Å²) < 4.78 is 41.5. The summed E-state index contributed by atoms with van der Waals surface area (Å²) in [5, 5.41) is 2.98. The Morgan fingerprint density at radius 1 is 1.39 bits per heavy atom. The van der Waals surface area contributed by atoms with E-state index >= 15 is 0 Å². The quantitative estimate of drug-likeness (QED) is 0.887. The lowest BCUT2D eigenvalue weighted by atomic mass is 10.4. The van der Waals surface area contributed by atoms with Crippen LogP contribution in [0, 0.1) is 6.92 Å². The summed E-state index contributed by atoms with van der Waals surface area (Å²) >= 11 is 0. The van der Waals surface area contributed by atoms with Crippen molar-refractivity contribution in [3.63, 3.8) is 0 Å². The number of nitrogens with zero attached hydrogens (tertiary/aromatic N) is 2. The van der Waals surface area contributed by atoms with E-state index in [4.69, 9.17) is 4.74 Å². The van der Waals surface area contributed by atoms with Crippen molar-refractivity contribution < 1.29 is 17.9 Å². The van der Waals surface area contributed by atoms with E-state index in [2.05, 4.69) is 15.3 Å². The van der Waals surface area contributed by atoms with Crippen LogP contribution in [0.1, 0.15) is 25.4 Å². The van der Waals surface area contributed by atoms with Gasteiger partial charge in [-0.3, -0.25) is 0 Å². The average molecular weight is 263 g/mol. The van der Waals surface area contributed by atoms with Crippen molar-refractivity contribution in [2.45, 2.75) is 39.7 Å². The highest BCUT2D eigenvalue weighted by atomic mass is 19.4. The van der Waals surface area contributed by atoms with Crippen molar-refractivity contribution >= 4 is 5.82 Å². The summed E-state index contributed by atoms with van der Waals surface area (Å²) in [6, 6.07) is 1.72. The van der Waals surface area contributed by atoms with Gasteiger partial charge < -0.3 is 10.1 Å². The molecule has 1 aromatic rings. The Morgan fingerprint density at radius 2 is 2.06 bits per heavy atom. The second kappa shape index (κ2) is 5.99. The molecule has 0 aliphatic rings. The summed E-state index contributed by atoms with van der Waals surface area (Å²) in [7, 11) is 0. The van der Waals surface area contributed by atoms with E-state index in [9.17, 15) is 13.2 Å². The van der Waals surface area contributed by atoms with Crippen LogP contribution in [0.2, 0.25) is 0 Å². The molecule has 0 amide bonds. The van der Waals surface area contributed by atoms with Crippen LogP contribution in [-0.4, -0.2) is 28.8 Å². The van der Waals surface area contributed by atoms with Crippen molar-refractivity contribution in [2.75, 3.05) is 11.9 Å². The van der Waals surface area contributed by atoms with Gasteiger partial charge in [-0.25, -0.2) is 9.97 Å². The fourth-order valence-electron chi connectivity index (χ4n) is 1.26. The van der Waals surface area contributed by atoms with E-state index in [1.165, 1.54) is 0 Å². The van der Waals surface area contributed by atoms with Gasteiger partial charge in [-0.2, -0.15) is 13.2 Å². The minimum atomic E-state index is -4.37. The first-order chi connectivity index (χ1) is 8.32. The molecule has 0 aromatic carbocycles. The van der Waals surface area contributed by atoms with Crippen LogP contribution in [0.5, 0.6) is 0 Å². The zero-order valence-electron chi connectivity index (χ0n) is 10.5. The van der Waals surface area contributed by atoms with Crippen LogP contribution in [0.15, 0.2) is 6.07 Å². The highest BCUT2D eigenvalue weighted by Gasteiger charge is 2.37. The lowest BCUT2D eigenvalue weighted by molar-refractivity contribution is -0.217. The van der Waals surface area contributed by atoms with Crippen LogP contribution in [0.4, 0.5) is 19.0 Å². The van der Waals surface area contributed by atoms with Crippen molar-refractivity contribution in [1.82, 2.24) is 9.97 Å². The van der Waals surface area contributed by atoms with Gasteiger partial charge >= 0.3 is 6.18 Å². The maximum Gasteiger partial charge on any atom is 0.414 e. The fraction of sp³-hybridized carbons (Fsp3) is 0.636. The molecule has 0 aliphatic carbocycles. The Kier molecular flexibility index (Phi) is 4.89. The maximum absolute atomic E-state index is 12.3. The maximum atomic E-state index is 12.3. The Labute approximate surface area is 104 Å². The molecule has 7 heteroatoms. The summed E-state index contributed by atoms with van der Waals surface area (Å²) in [5.74, 6) is 0.824. The number of halogens is 3. The molecule has 1 aromatic heterocycles. The monoisotopic (exact) mass is 263 g/mol. The smallest absolute Gasteiger partial charge is 0.370 e. The number of hydrogen-bond donors (Lipinski definition) is 1. The minimum Gasteiger partial charge on any atom is -0.370 e. The van der Waals surface area contributed by atoms with Crippen molar-refractivity contribution in [2.24, 2.45) is 0 Å². The highest BCUT2D eigenvalue weighted by Crippen LogP contribution is 2.23. The fourth-order valence-corrected chi connectivity index (χ4v) is 1.26. The molecule has 0 fully saturated rings. The molecule has 4 nitrogen and oxygen atoms in total. The van der Waals surface area contributed by atoms with Gasteiger partial charge in [0.15, 0.2) is 11.9 Å². The van der Waals surface area contributed by atoms with Gasteiger partial charge in [0.05, 0.1) is 0 Å². The molecule has 0 saturated heterocycles. The molecule has 1 rings (SSSR count). The number of hydrogen-bond acceptors (Lipinski definition) is 4. The highest BCUT2D eigenvalue weighted by molar-refractivity contribution is 5.35. The predicted octanol–water partition coefficient (Wildman–Crippen LogP) is 2.68. The SMILES string of the molecule is CCNc1cc(C)nc(COC(C)C(F)(F)F)n1. The third-order valence-electron chi connectivity index (χ3n) is 2.18. The summed E-state index contributed by atoms with van der Waals surface area (Å²) in [4.78, 5) is 8.09. The number of nitrogens with one attached hydrogen (secondary N) is 1. The van der Waals surface area contributed by atoms with Gasteiger partial charge in [0.1, 0.15) is 12.4 Å². The van der Waals surface area contributed by atoms with Crippen LogP contribution in [0.25, 0.3) is 0 Å². The number of ether oxygens (including phenoxy) is 1. The molecule has 18 heavy (non-hydrogen) atoms. The van der Waals surface area contributed by atoms with Gasteiger partial charge in [0.2, 0.25) is 0 Å². The van der Waals surface area contributed by atoms with Gasteiger partial charge in [-0.15, -0.1) is 0 Å². The summed E-state index contributed by atoms with van der Waals surface area (Å²) in [6.45, 7) is 5.02. The predicted molar refractivity (Wildman–Crippen MR) is 61.2 cm³/mol. The van der Waals surface area contributed by atoms with Gasteiger partial charge in [0.25, 0.3) is 0 Å². The molecule has 1 N–H and O–H groups in total. The van der Waals surface area contributed by atoms with Gasteiger partial charge in [-0.1, -0.05) is 0 Å². The Balaban J connectivity index is 2.67. The molecule has 1 unspecified atom stereocenters. The van der Waals surface area contributed by atoms with Crippen LogP contribution in [0.3, 0.4) is 0 Å². The molecular formula is C11H16F3N3O. The van der Waals surface area contributed by atoms with Crippen molar-refractivity contribution in [1.29, 1.82) is 0 Å². The van der Waals surface area contributed by atoms with Crippen LogP contribution in [-0.2, 0) is 11.3 Å². The minimum absolute atomic E-state index is 0.238. The second-order valence-electron chi connectivity index (χ2n) is 3.84. The van der Waals surface area contributed by atoms with Crippen molar-refractivity contribution in [3.8, 4) is 0 Å². The van der Waals surface area contributed by atoms with E-state index in [0.717, 1.165) is 6.92 Å². The molecule has 0 bridgehead atoms. The average Bonchev–Trinajstić information content (AvgIpc) is 2.24. The topological polar surface area (TPSA) is 47.0 Å². The summed E-state index contributed by atoms with van der Waals surface area (Å²) in [5.41, 5.74) is 0.680. The third-order valence-corrected chi connectivity index (χ3v) is 2.18. The molecule has 102 valence electrons. The molecule has 1 heterocycles. The van der Waals surface area contributed by atoms with Gasteiger partial charge in [-0.05, 0) is 20.8 Å². The Hall–Kier alpha value is -1.37. The first-order valence-electron chi connectivity index (χ1n) is 5.59. The Morgan fingerprint density at radius 3 is 2.61 bits per heavy atom. The number of rotatable bonds is 5. The molecule has 0 radical (unpaired) electrons. The standard InChI is InChI=1S/C11H16F3N3O/c1-4-15-9-5-7(2)16-10(17-9)6-18-8(3)11(12,13)14/h5,8H,4,6H2,1-3H3,(H,15,16,17). The zero-order valence-corrected chi connectivity index (χ0v) is 10.5. The zero-order chi connectivity index (χ0) is 13.8. The first kappa shape index (κ1) is 14.7. The Bertz CT molecular complexity index is 396. The first-order valence-corrected chi connectivity index (χ1v) is 5.59. The van der Waals surface area contributed by atoms with Crippen molar-refractivity contribution in [3.05, 3.63) is 17.6 Å². The van der Waals surface area contributed by atoms with Crippen LogP contribution < -0.4 is 5.32 Å². The molecule has 0 saturated carbocycles. The summed E-state index contributed by atoms with van der Waals surface area (Å²) in [6.07, 6.45) is -6.20. The van der Waals surface area contributed by atoms with E-state index in [0.29, 0.717) is 18.1 Å². The van der Waals surface area contributed by atoms with E-state index in [-0.39, 0.29) is 12.4 Å². The normalized spacial score (nSPS) is 13.4. The van der Waals surface area contributed by atoms with E-state index < -0.39 is 12.3 Å². The second-order valence-corrected chi connectivity index (χ2v) is 3.84. The van der Waals surface area contributed by atoms with Crippen LogP contribution >= 0.6 is 0 Å². The molecular weight excluding hydrogens is 247 g/mol. The number of aryl methyl sites for hydroxylation is 1. The van der Waals surface area contributed by atoms with E-state index in [1.807, 2.05) is 6.92 Å². The largest absolute Gasteiger partial charge is 0.414 e. The van der Waals surface area contributed by atoms with E-state index in [1.54, 1.807) is 13.0 Å². The lowest BCUT2D eigenvalue weighted by Crippen LogP contribution is -2.28. The molecule has 0 aliphatic heterocycles. The number of aromatic nitrogens is 2. The third kappa shape index (κ3) is 4.48. The van der Waals surface area contributed by atoms with Gasteiger partial charge in [0, 0.05) is 18.3 Å². The molecule has 1 atom stereocenters. The number of alkyl halides is 3.